The highest BCUT2D eigenvalue weighted by molar-refractivity contribution is 5.80. The summed E-state index contributed by atoms with van der Waals surface area (Å²) in [7, 11) is 0. The molecule has 4 atom stereocenters. The van der Waals surface area contributed by atoms with Gasteiger partial charge in [0.25, 0.3) is 0 Å². The maximum absolute atomic E-state index is 12.6. The van der Waals surface area contributed by atoms with E-state index < -0.39 is 36.9 Å². The van der Waals surface area contributed by atoms with Crippen molar-refractivity contribution in [2.45, 2.75) is 353 Å². The molecule has 5 N–H and O–H groups in total. The maximum atomic E-state index is 12.6. The average molecular weight is 999 g/mol. The predicted molar refractivity (Wildman–Crippen MR) is 311 cm³/mol. The fourth-order valence-electron chi connectivity index (χ4n) is 9.79. The molecule has 0 aromatic rings. The highest BCUT2D eigenvalue weighted by Crippen LogP contribution is 2.18. The van der Waals surface area contributed by atoms with Crippen molar-refractivity contribution in [1.29, 1.82) is 0 Å². The van der Waals surface area contributed by atoms with E-state index in [0.717, 1.165) is 51.4 Å². The molecule has 0 spiro atoms. The molecule has 0 bridgehead atoms. The summed E-state index contributed by atoms with van der Waals surface area (Å²) in [5, 5.41) is 44.1. The van der Waals surface area contributed by atoms with Gasteiger partial charge in [0, 0.05) is 0 Å². The standard InChI is InChI=1S/C65H123NO5/c1-3-5-7-9-11-13-15-17-19-21-23-25-27-29-30-31-32-33-35-37-39-41-43-45-47-49-51-53-55-57-59-63(69)65(71)66-61(60-67)64(70)62(68)58-56-54-52-50-48-46-44-42-40-38-36-34-28-26-24-22-20-18-16-14-12-10-8-6-4-2/h29-30,34,36,42,44,50,52,61-64,67-70H,3-28,31-33,35,37-41,43,45-49,51,53-60H2,1-2H3,(H,66,71)/b30-29-,36-34+,44-42+,52-50+. The minimum Gasteiger partial charge on any atom is -0.394 e. The Morgan fingerprint density at radius 2 is 0.592 bits per heavy atom. The number of allylic oxidation sites excluding steroid dienone is 8. The zero-order valence-electron chi connectivity index (χ0n) is 47.5. The van der Waals surface area contributed by atoms with Crippen molar-refractivity contribution in [3.63, 3.8) is 0 Å². The molecule has 1 amide bonds. The monoisotopic (exact) mass is 998 g/mol. The molecule has 0 fully saturated rings. The molecule has 0 saturated carbocycles. The lowest BCUT2D eigenvalue weighted by Gasteiger charge is -2.27. The molecule has 0 rings (SSSR count). The van der Waals surface area contributed by atoms with E-state index in [4.69, 9.17) is 0 Å². The van der Waals surface area contributed by atoms with E-state index in [0.29, 0.717) is 19.3 Å². The fourth-order valence-corrected chi connectivity index (χ4v) is 9.79. The van der Waals surface area contributed by atoms with E-state index in [9.17, 15) is 25.2 Å². The molecule has 71 heavy (non-hydrogen) atoms. The van der Waals surface area contributed by atoms with Crippen LogP contribution in [0.1, 0.15) is 328 Å². The van der Waals surface area contributed by atoms with Crippen LogP contribution in [0, 0.1) is 0 Å². The van der Waals surface area contributed by atoms with Crippen LogP contribution in [0.2, 0.25) is 0 Å². The Kier molecular flexibility index (Phi) is 57.7. The second-order valence-corrected chi connectivity index (χ2v) is 21.7. The van der Waals surface area contributed by atoms with Crippen LogP contribution in [0.3, 0.4) is 0 Å². The van der Waals surface area contributed by atoms with Crippen molar-refractivity contribution < 1.29 is 25.2 Å². The molecule has 0 aliphatic carbocycles. The summed E-state index contributed by atoms with van der Waals surface area (Å²) in [4.78, 5) is 12.6. The summed E-state index contributed by atoms with van der Waals surface area (Å²) in [6.45, 7) is 4.08. The number of aliphatic hydroxyl groups excluding tert-OH is 4. The summed E-state index contributed by atoms with van der Waals surface area (Å²) in [5.74, 6) is -0.596. The zero-order chi connectivity index (χ0) is 51.6. The SMILES string of the molecule is CCCCCCCCCCCCCC/C=C\CCCCCCCCCCCCCCCCC(O)C(=O)NC(CO)C(O)C(O)CCC/C=C/CC/C=C/CC/C=C/CCCCCCCCCCCCCC. The average Bonchev–Trinajstić information content (AvgIpc) is 3.38. The van der Waals surface area contributed by atoms with Crippen LogP contribution in [0.15, 0.2) is 48.6 Å². The van der Waals surface area contributed by atoms with Gasteiger partial charge in [0.05, 0.1) is 18.8 Å². The Balaban J connectivity index is 3.65. The summed E-state index contributed by atoms with van der Waals surface area (Å²) < 4.78 is 0. The molecule has 0 aromatic heterocycles. The summed E-state index contributed by atoms with van der Waals surface area (Å²) >= 11 is 0. The van der Waals surface area contributed by atoms with E-state index in [-0.39, 0.29) is 0 Å². The van der Waals surface area contributed by atoms with Crippen LogP contribution in [0.25, 0.3) is 0 Å². The van der Waals surface area contributed by atoms with Crippen LogP contribution >= 0.6 is 0 Å². The zero-order valence-corrected chi connectivity index (χ0v) is 47.5. The van der Waals surface area contributed by atoms with E-state index in [1.54, 1.807) is 0 Å². The number of carbonyl (C=O) groups is 1. The molecule has 0 heterocycles. The molecule has 0 radical (unpaired) electrons. The van der Waals surface area contributed by atoms with Gasteiger partial charge in [-0.1, -0.05) is 287 Å². The first kappa shape index (κ1) is 69.3. The van der Waals surface area contributed by atoms with Crippen LogP contribution in [-0.4, -0.2) is 57.3 Å². The summed E-state index contributed by atoms with van der Waals surface area (Å²) in [6.07, 6.45) is 76.3. The normalized spacial score (nSPS) is 13.9. The molecule has 6 nitrogen and oxygen atoms in total. The van der Waals surface area contributed by atoms with Crippen molar-refractivity contribution in [2.75, 3.05) is 6.61 Å². The fraction of sp³-hybridized carbons (Fsp3) is 0.862. The van der Waals surface area contributed by atoms with Crippen LogP contribution < -0.4 is 5.32 Å². The quantitative estimate of drug-likeness (QED) is 0.0308. The number of amides is 1. The Bertz CT molecular complexity index is 1170. The number of hydrogen-bond acceptors (Lipinski definition) is 5. The second kappa shape index (κ2) is 59.2. The third-order valence-corrected chi connectivity index (χ3v) is 14.7. The van der Waals surface area contributed by atoms with Crippen molar-refractivity contribution in [3.8, 4) is 0 Å². The number of hydrogen-bond donors (Lipinski definition) is 5. The topological polar surface area (TPSA) is 110 Å². The third-order valence-electron chi connectivity index (χ3n) is 14.7. The molecular formula is C65H123NO5. The largest absolute Gasteiger partial charge is 0.394 e. The number of rotatable bonds is 58. The molecular weight excluding hydrogens is 875 g/mol. The Morgan fingerprint density at radius 1 is 0.338 bits per heavy atom. The van der Waals surface area contributed by atoms with Gasteiger partial charge in [0.1, 0.15) is 12.2 Å². The first-order valence-electron chi connectivity index (χ1n) is 31.5. The van der Waals surface area contributed by atoms with Crippen LogP contribution in [0.5, 0.6) is 0 Å². The van der Waals surface area contributed by atoms with Crippen molar-refractivity contribution in [3.05, 3.63) is 48.6 Å². The minimum atomic E-state index is -1.30. The van der Waals surface area contributed by atoms with Gasteiger partial charge in [-0.2, -0.15) is 0 Å². The molecule has 0 aromatic carbocycles. The van der Waals surface area contributed by atoms with Gasteiger partial charge in [-0.25, -0.2) is 0 Å². The molecule has 0 saturated heterocycles. The molecule has 0 aliphatic heterocycles. The smallest absolute Gasteiger partial charge is 0.249 e. The van der Waals surface area contributed by atoms with Gasteiger partial charge < -0.3 is 25.7 Å². The molecule has 6 heteroatoms. The number of nitrogens with one attached hydrogen (secondary N) is 1. The van der Waals surface area contributed by atoms with Gasteiger partial charge in [-0.3, -0.25) is 4.79 Å². The Labute approximate surface area is 442 Å². The van der Waals surface area contributed by atoms with Crippen molar-refractivity contribution in [1.82, 2.24) is 5.32 Å². The van der Waals surface area contributed by atoms with Gasteiger partial charge in [0.2, 0.25) is 5.91 Å². The van der Waals surface area contributed by atoms with E-state index in [1.807, 2.05) is 0 Å². The number of aliphatic hydroxyl groups is 4. The molecule has 418 valence electrons. The molecule has 0 aliphatic rings. The van der Waals surface area contributed by atoms with Crippen LogP contribution in [0.4, 0.5) is 0 Å². The van der Waals surface area contributed by atoms with Gasteiger partial charge in [0.15, 0.2) is 0 Å². The lowest BCUT2D eigenvalue weighted by Crippen LogP contribution is -2.53. The second-order valence-electron chi connectivity index (χ2n) is 21.7. The van der Waals surface area contributed by atoms with Gasteiger partial charge in [-0.15, -0.1) is 0 Å². The van der Waals surface area contributed by atoms with E-state index >= 15 is 0 Å². The van der Waals surface area contributed by atoms with E-state index in [2.05, 4.69) is 67.8 Å². The third kappa shape index (κ3) is 52.9. The number of unbranched alkanes of at least 4 members (excludes halogenated alkanes) is 41. The first-order valence-corrected chi connectivity index (χ1v) is 31.5. The number of carbonyl (C=O) groups excluding carboxylic acids is 1. The van der Waals surface area contributed by atoms with Crippen molar-refractivity contribution in [2.24, 2.45) is 0 Å². The van der Waals surface area contributed by atoms with Crippen LogP contribution in [-0.2, 0) is 4.79 Å². The van der Waals surface area contributed by atoms with Crippen molar-refractivity contribution >= 4 is 5.91 Å². The summed E-state index contributed by atoms with van der Waals surface area (Å²) in [5.41, 5.74) is 0. The maximum Gasteiger partial charge on any atom is 0.249 e. The highest BCUT2D eigenvalue weighted by atomic mass is 16.3. The summed E-state index contributed by atoms with van der Waals surface area (Å²) in [6, 6.07) is -1.01. The molecule has 4 unspecified atom stereocenters. The van der Waals surface area contributed by atoms with Gasteiger partial charge >= 0.3 is 0 Å². The highest BCUT2D eigenvalue weighted by Gasteiger charge is 2.28. The van der Waals surface area contributed by atoms with Gasteiger partial charge in [-0.05, 0) is 89.9 Å². The predicted octanol–water partition coefficient (Wildman–Crippen LogP) is 18.9. The Hall–Kier alpha value is -1.73. The first-order chi connectivity index (χ1) is 35.0. The van der Waals surface area contributed by atoms with E-state index in [1.165, 1.54) is 244 Å². The lowest BCUT2D eigenvalue weighted by molar-refractivity contribution is -0.132. The lowest BCUT2D eigenvalue weighted by atomic mass is 10.00. The minimum absolute atomic E-state index is 0.359. The Morgan fingerprint density at radius 3 is 0.887 bits per heavy atom.